The van der Waals surface area contributed by atoms with E-state index in [2.05, 4.69) is 0 Å². The van der Waals surface area contributed by atoms with Crippen molar-refractivity contribution in [3.63, 3.8) is 0 Å². The molecule has 0 heterocycles. The highest BCUT2D eigenvalue weighted by Crippen LogP contribution is 2.14. The molecule has 0 rings (SSSR count). The van der Waals surface area contributed by atoms with Crippen molar-refractivity contribution in [2.24, 2.45) is 5.41 Å². The monoisotopic (exact) mass is 350 g/mol. The van der Waals surface area contributed by atoms with Crippen LogP contribution in [0.15, 0.2) is 0 Å². The van der Waals surface area contributed by atoms with Gasteiger partial charge in [-0.05, 0) is 20.8 Å². The van der Waals surface area contributed by atoms with Crippen LogP contribution >= 0.6 is 0 Å². The molecule has 0 saturated heterocycles. The Labute approximate surface area is 143 Å². The van der Waals surface area contributed by atoms with E-state index in [1.807, 2.05) is 0 Å². The first kappa shape index (κ1) is 22.8. The summed E-state index contributed by atoms with van der Waals surface area (Å²) in [5.74, 6) is -0.630. The average Bonchev–Trinajstić information content (AvgIpc) is 2.48. The van der Waals surface area contributed by atoms with Crippen molar-refractivity contribution < 1.29 is 38.4 Å². The van der Waals surface area contributed by atoms with Gasteiger partial charge in [0.25, 0.3) is 0 Å². The first-order valence-electron chi connectivity index (χ1n) is 7.95. The van der Waals surface area contributed by atoms with E-state index in [0.29, 0.717) is 19.8 Å². The lowest BCUT2D eigenvalue weighted by molar-refractivity contribution is -0.154. The fraction of sp³-hybridized carbons (Fsp3) is 0.875. The van der Waals surface area contributed by atoms with Crippen LogP contribution in [0.25, 0.3) is 0 Å². The number of esters is 2. The summed E-state index contributed by atoms with van der Waals surface area (Å²) in [7, 11) is 0. The lowest BCUT2D eigenvalue weighted by atomic mass is 9.97. The van der Waals surface area contributed by atoms with Gasteiger partial charge in [-0.3, -0.25) is 9.59 Å². The van der Waals surface area contributed by atoms with Crippen LogP contribution in [0.3, 0.4) is 0 Å². The Balaban J connectivity index is 3.37. The van der Waals surface area contributed by atoms with Gasteiger partial charge in [0, 0.05) is 6.92 Å². The molecule has 1 unspecified atom stereocenters. The maximum Gasteiger partial charge on any atom is 0.311 e. The van der Waals surface area contributed by atoms with Gasteiger partial charge in [-0.15, -0.1) is 0 Å². The minimum atomic E-state index is -0.760. The van der Waals surface area contributed by atoms with Crippen molar-refractivity contribution in [1.29, 1.82) is 0 Å². The Kier molecular flexibility index (Phi) is 12.4. The summed E-state index contributed by atoms with van der Waals surface area (Å²) in [4.78, 5) is 22.0. The van der Waals surface area contributed by atoms with E-state index in [4.69, 9.17) is 23.7 Å². The normalized spacial score (nSPS) is 12.7. The highest BCUT2D eigenvalue weighted by atomic mass is 16.6. The molecule has 0 aliphatic carbocycles. The minimum Gasteiger partial charge on any atom is -0.463 e. The smallest absolute Gasteiger partial charge is 0.311 e. The highest BCUT2D eigenvalue weighted by Gasteiger charge is 2.22. The van der Waals surface area contributed by atoms with E-state index in [1.54, 1.807) is 20.8 Å². The Morgan fingerprint density at radius 2 is 1.29 bits per heavy atom. The van der Waals surface area contributed by atoms with Crippen LogP contribution < -0.4 is 0 Å². The second-order valence-corrected chi connectivity index (χ2v) is 6.14. The van der Waals surface area contributed by atoms with Gasteiger partial charge in [-0.25, -0.2) is 0 Å². The van der Waals surface area contributed by atoms with Crippen molar-refractivity contribution in [2.45, 2.75) is 33.8 Å². The summed E-state index contributed by atoms with van der Waals surface area (Å²) in [6.07, 6.45) is -0.760. The number of ether oxygens (including phenoxy) is 5. The predicted molar refractivity (Wildman–Crippen MR) is 85.5 cm³/mol. The summed E-state index contributed by atoms with van der Waals surface area (Å²) < 4.78 is 25.3. The molecule has 24 heavy (non-hydrogen) atoms. The summed E-state index contributed by atoms with van der Waals surface area (Å²) in [5.41, 5.74) is -0.534. The summed E-state index contributed by atoms with van der Waals surface area (Å²) >= 11 is 0. The molecule has 0 amide bonds. The third kappa shape index (κ3) is 14.4. The van der Waals surface area contributed by atoms with Gasteiger partial charge in [-0.1, -0.05) is 0 Å². The van der Waals surface area contributed by atoms with Crippen molar-refractivity contribution >= 4 is 11.9 Å². The van der Waals surface area contributed by atoms with Crippen LogP contribution in [0.5, 0.6) is 0 Å². The van der Waals surface area contributed by atoms with Crippen LogP contribution in [-0.4, -0.2) is 76.0 Å². The molecule has 8 nitrogen and oxygen atoms in total. The zero-order valence-electron chi connectivity index (χ0n) is 15.0. The maximum atomic E-state index is 11.5. The van der Waals surface area contributed by atoms with Gasteiger partial charge in [0.2, 0.25) is 0 Å². The molecule has 0 aromatic heterocycles. The molecular weight excluding hydrogens is 320 g/mol. The van der Waals surface area contributed by atoms with Crippen LogP contribution in [0.1, 0.15) is 27.7 Å². The maximum absolute atomic E-state index is 11.5. The molecule has 0 saturated carbocycles. The minimum absolute atomic E-state index is 0.0976. The lowest BCUT2D eigenvalue weighted by Gasteiger charge is -2.17. The fourth-order valence-electron chi connectivity index (χ4n) is 1.36. The third-order valence-corrected chi connectivity index (χ3v) is 2.60. The molecule has 0 aromatic carbocycles. The van der Waals surface area contributed by atoms with E-state index in [1.165, 1.54) is 6.92 Å². The topological polar surface area (TPSA) is 101 Å². The number of carbonyl (C=O) groups is 2. The third-order valence-electron chi connectivity index (χ3n) is 2.60. The van der Waals surface area contributed by atoms with E-state index in [0.717, 1.165) is 0 Å². The molecule has 0 radical (unpaired) electrons. The second-order valence-electron chi connectivity index (χ2n) is 6.14. The van der Waals surface area contributed by atoms with Gasteiger partial charge in [-0.2, -0.15) is 0 Å². The molecule has 0 aliphatic rings. The van der Waals surface area contributed by atoms with Gasteiger partial charge < -0.3 is 28.8 Å². The number of aliphatic hydroxyl groups is 1. The van der Waals surface area contributed by atoms with Crippen molar-refractivity contribution in [1.82, 2.24) is 0 Å². The number of hydrogen-bond donors (Lipinski definition) is 1. The Hall–Kier alpha value is -1.22. The number of hydrogen-bond acceptors (Lipinski definition) is 8. The van der Waals surface area contributed by atoms with Crippen molar-refractivity contribution in [3.8, 4) is 0 Å². The Morgan fingerprint density at radius 1 is 0.833 bits per heavy atom. The molecule has 8 heteroatoms. The molecule has 0 spiro atoms. The highest BCUT2D eigenvalue weighted by molar-refractivity contribution is 5.75. The number of carbonyl (C=O) groups excluding carboxylic acids is 2. The molecule has 0 bridgehead atoms. The largest absolute Gasteiger partial charge is 0.463 e. The van der Waals surface area contributed by atoms with Crippen LogP contribution in [-0.2, 0) is 33.3 Å². The number of aliphatic hydroxyl groups excluding tert-OH is 1. The van der Waals surface area contributed by atoms with E-state index in [9.17, 15) is 14.7 Å². The molecule has 0 aromatic rings. The summed E-state index contributed by atoms with van der Waals surface area (Å²) in [6.45, 7) is 8.44. The summed E-state index contributed by atoms with van der Waals surface area (Å²) in [5, 5.41) is 9.63. The zero-order valence-corrected chi connectivity index (χ0v) is 15.0. The average molecular weight is 350 g/mol. The molecule has 0 aliphatic heterocycles. The van der Waals surface area contributed by atoms with Gasteiger partial charge in [0.1, 0.15) is 19.3 Å². The predicted octanol–water partition coefficient (Wildman–Crippen LogP) is 0.549. The number of rotatable bonds is 13. The second kappa shape index (κ2) is 13.1. The molecule has 1 atom stereocenters. The van der Waals surface area contributed by atoms with Crippen molar-refractivity contribution in [3.05, 3.63) is 0 Å². The Morgan fingerprint density at radius 3 is 1.83 bits per heavy atom. The summed E-state index contributed by atoms with van der Waals surface area (Å²) in [6, 6.07) is 0. The zero-order chi connectivity index (χ0) is 18.4. The van der Waals surface area contributed by atoms with Crippen LogP contribution in [0.4, 0.5) is 0 Å². The fourth-order valence-corrected chi connectivity index (χ4v) is 1.36. The van der Waals surface area contributed by atoms with Gasteiger partial charge in [0.15, 0.2) is 0 Å². The van der Waals surface area contributed by atoms with Gasteiger partial charge >= 0.3 is 11.9 Å². The van der Waals surface area contributed by atoms with E-state index >= 15 is 0 Å². The molecule has 1 N–H and O–H groups in total. The standard InChI is InChI=1S/C16H30O8/c1-13(17)23-9-7-20-5-6-21-11-14(18)12-22-8-10-24-15(19)16(2,3)4/h14,18H,5-12H2,1-4H3. The SMILES string of the molecule is CC(=O)OCCOCCOCC(O)COCCOC(=O)C(C)(C)C. The van der Waals surface area contributed by atoms with Crippen molar-refractivity contribution in [2.75, 3.05) is 52.9 Å². The lowest BCUT2D eigenvalue weighted by Crippen LogP contribution is -2.26. The molecular formula is C16H30O8. The van der Waals surface area contributed by atoms with Gasteiger partial charge in [0.05, 0.1) is 45.1 Å². The van der Waals surface area contributed by atoms with E-state index < -0.39 is 11.5 Å². The van der Waals surface area contributed by atoms with Crippen LogP contribution in [0.2, 0.25) is 0 Å². The quantitative estimate of drug-likeness (QED) is 0.380. The Bertz CT molecular complexity index is 350. The first-order valence-corrected chi connectivity index (χ1v) is 7.95. The van der Waals surface area contributed by atoms with Crippen LogP contribution in [0, 0.1) is 5.41 Å². The molecule has 142 valence electrons. The first-order chi connectivity index (χ1) is 11.2. The molecule has 0 fully saturated rings. The van der Waals surface area contributed by atoms with E-state index in [-0.39, 0.29) is 45.0 Å².